The van der Waals surface area contributed by atoms with Gasteiger partial charge in [0.1, 0.15) is 0 Å². The number of hydrogen-bond donors (Lipinski definition) is 0. The number of halogens is 1. The second kappa shape index (κ2) is 8.11. The van der Waals surface area contributed by atoms with Crippen molar-refractivity contribution in [3.63, 3.8) is 0 Å². The van der Waals surface area contributed by atoms with Crippen LogP contribution in [0.25, 0.3) is 0 Å². The van der Waals surface area contributed by atoms with E-state index in [2.05, 4.69) is 18.7 Å². The van der Waals surface area contributed by atoms with E-state index >= 15 is 0 Å². The smallest absolute Gasteiger partial charge is 0.260 e. The average molecular weight is 386 g/mol. The van der Waals surface area contributed by atoms with Gasteiger partial charge in [-0.25, -0.2) is 0 Å². The normalized spacial score (nSPS) is 13.4. The Labute approximate surface area is 165 Å². The first kappa shape index (κ1) is 19.4. The van der Waals surface area contributed by atoms with Crippen molar-refractivity contribution in [2.75, 3.05) is 36.5 Å². The Hall–Kier alpha value is -2.37. The van der Waals surface area contributed by atoms with Crippen LogP contribution in [-0.2, 0) is 4.79 Å². The summed E-state index contributed by atoms with van der Waals surface area (Å²) in [5.41, 5.74) is 2.41. The highest BCUT2D eigenvalue weighted by Crippen LogP contribution is 2.41. The molecule has 3 rings (SSSR count). The Morgan fingerprint density at radius 1 is 1.04 bits per heavy atom. The number of para-hydroxylation sites is 1. The second-order valence-corrected chi connectivity index (χ2v) is 6.96. The van der Waals surface area contributed by atoms with E-state index in [1.165, 1.54) is 0 Å². The van der Waals surface area contributed by atoms with Crippen LogP contribution in [0.3, 0.4) is 0 Å². The molecule has 2 aromatic carbocycles. The third-order valence-electron chi connectivity index (χ3n) is 5.01. The van der Waals surface area contributed by atoms with E-state index in [9.17, 15) is 9.59 Å². The molecule has 0 bridgehead atoms. The molecule has 0 unspecified atom stereocenters. The van der Waals surface area contributed by atoms with Gasteiger partial charge >= 0.3 is 0 Å². The van der Waals surface area contributed by atoms with Gasteiger partial charge in [0, 0.05) is 25.0 Å². The van der Waals surface area contributed by atoms with E-state index in [0.29, 0.717) is 40.6 Å². The summed E-state index contributed by atoms with van der Waals surface area (Å²) in [4.78, 5) is 31.6. The standard InChI is InChI=1S/C21H24ClN3O2/c1-4-24(5-2)13-12-20(26)25-17-9-7-6-8-16(17)21(27)23(3)19-14-15(22)10-11-18(19)25/h6-11,14H,4-5,12-13H2,1-3H3. The minimum absolute atomic E-state index is 0.0407. The lowest BCUT2D eigenvalue weighted by molar-refractivity contribution is -0.118. The molecule has 0 spiro atoms. The van der Waals surface area contributed by atoms with Gasteiger partial charge in [0.2, 0.25) is 5.91 Å². The first-order valence-electron chi connectivity index (χ1n) is 9.19. The zero-order valence-corrected chi connectivity index (χ0v) is 16.7. The maximum Gasteiger partial charge on any atom is 0.260 e. The quantitative estimate of drug-likeness (QED) is 0.769. The van der Waals surface area contributed by atoms with Crippen molar-refractivity contribution >= 4 is 40.5 Å². The van der Waals surface area contributed by atoms with Crippen LogP contribution >= 0.6 is 11.6 Å². The third kappa shape index (κ3) is 3.70. The number of benzene rings is 2. The molecule has 27 heavy (non-hydrogen) atoms. The van der Waals surface area contributed by atoms with Crippen molar-refractivity contribution in [1.29, 1.82) is 0 Å². The molecule has 0 fully saturated rings. The minimum atomic E-state index is -0.159. The van der Waals surface area contributed by atoms with Crippen molar-refractivity contribution in [3.05, 3.63) is 53.1 Å². The fourth-order valence-corrected chi connectivity index (χ4v) is 3.56. The van der Waals surface area contributed by atoms with E-state index in [1.807, 2.05) is 18.2 Å². The molecule has 0 saturated carbocycles. The minimum Gasteiger partial charge on any atom is -0.309 e. The highest BCUT2D eigenvalue weighted by Gasteiger charge is 2.32. The zero-order valence-electron chi connectivity index (χ0n) is 15.9. The summed E-state index contributed by atoms with van der Waals surface area (Å²) < 4.78 is 0. The van der Waals surface area contributed by atoms with E-state index in [-0.39, 0.29) is 11.8 Å². The first-order valence-corrected chi connectivity index (χ1v) is 9.57. The SMILES string of the molecule is CCN(CC)CCC(=O)N1c2ccccc2C(=O)N(C)c2cc(Cl)ccc21. The van der Waals surface area contributed by atoms with Gasteiger partial charge in [-0.05, 0) is 43.4 Å². The van der Waals surface area contributed by atoms with Crippen LogP contribution in [0.4, 0.5) is 17.1 Å². The van der Waals surface area contributed by atoms with E-state index < -0.39 is 0 Å². The van der Waals surface area contributed by atoms with Gasteiger partial charge < -0.3 is 9.80 Å². The Morgan fingerprint density at radius 3 is 2.44 bits per heavy atom. The van der Waals surface area contributed by atoms with Gasteiger partial charge in [-0.1, -0.05) is 37.6 Å². The lowest BCUT2D eigenvalue weighted by Crippen LogP contribution is -2.32. The van der Waals surface area contributed by atoms with Gasteiger partial charge in [0.05, 0.1) is 22.6 Å². The van der Waals surface area contributed by atoms with Crippen molar-refractivity contribution in [2.24, 2.45) is 0 Å². The number of carbonyl (C=O) groups excluding carboxylic acids is 2. The van der Waals surface area contributed by atoms with Crippen LogP contribution in [0.15, 0.2) is 42.5 Å². The molecule has 1 aliphatic rings. The molecular weight excluding hydrogens is 362 g/mol. The topological polar surface area (TPSA) is 43.9 Å². The Kier molecular flexibility index (Phi) is 5.82. The molecule has 1 aliphatic heterocycles. The summed E-state index contributed by atoms with van der Waals surface area (Å²) in [6.07, 6.45) is 0.371. The van der Waals surface area contributed by atoms with Gasteiger partial charge in [-0.3, -0.25) is 14.5 Å². The van der Waals surface area contributed by atoms with Crippen molar-refractivity contribution in [3.8, 4) is 0 Å². The monoisotopic (exact) mass is 385 g/mol. The molecule has 0 N–H and O–H groups in total. The maximum atomic E-state index is 13.2. The molecule has 0 saturated heterocycles. The lowest BCUT2D eigenvalue weighted by Gasteiger charge is -2.26. The largest absolute Gasteiger partial charge is 0.309 e. The molecule has 2 amide bonds. The number of amides is 2. The highest BCUT2D eigenvalue weighted by molar-refractivity contribution is 6.31. The van der Waals surface area contributed by atoms with Crippen LogP contribution in [0, 0.1) is 0 Å². The van der Waals surface area contributed by atoms with Crippen molar-refractivity contribution in [1.82, 2.24) is 4.90 Å². The molecule has 5 nitrogen and oxygen atoms in total. The lowest BCUT2D eigenvalue weighted by atomic mass is 10.1. The van der Waals surface area contributed by atoms with E-state index in [4.69, 9.17) is 11.6 Å². The summed E-state index contributed by atoms with van der Waals surface area (Å²) >= 11 is 6.17. The van der Waals surface area contributed by atoms with Crippen LogP contribution in [-0.4, -0.2) is 43.4 Å². The fraction of sp³-hybridized carbons (Fsp3) is 0.333. The molecule has 0 aromatic heterocycles. The molecular formula is C21H24ClN3O2. The highest BCUT2D eigenvalue weighted by atomic mass is 35.5. The summed E-state index contributed by atoms with van der Waals surface area (Å²) in [6.45, 7) is 6.64. The zero-order chi connectivity index (χ0) is 19.6. The number of fused-ring (bicyclic) bond motifs is 2. The predicted octanol–water partition coefficient (Wildman–Crippen LogP) is 4.33. The van der Waals surface area contributed by atoms with Crippen LogP contribution in [0.1, 0.15) is 30.6 Å². The fourth-order valence-electron chi connectivity index (χ4n) is 3.40. The van der Waals surface area contributed by atoms with Crippen molar-refractivity contribution in [2.45, 2.75) is 20.3 Å². The molecule has 0 aliphatic carbocycles. The van der Waals surface area contributed by atoms with Crippen LogP contribution in [0.2, 0.25) is 5.02 Å². The number of hydrogen-bond acceptors (Lipinski definition) is 3. The maximum absolute atomic E-state index is 13.2. The first-order chi connectivity index (χ1) is 13.0. The van der Waals surface area contributed by atoms with Gasteiger partial charge in [-0.15, -0.1) is 0 Å². The molecule has 2 aromatic rings. The van der Waals surface area contributed by atoms with Crippen molar-refractivity contribution < 1.29 is 9.59 Å². The number of rotatable bonds is 5. The summed E-state index contributed by atoms with van der Waals surface area (Å²) in [5.74, 6) is -0.200. The molecule has 0 radical (unpaired) electrons. The van der Waals surface area contributed by atoms with Crippen LogP contribution < -0.4 is 9.80 Å². The van der Waals surface area contributed by atoms with Gasteiger partial charge in [-0.2, -0.15) is 0 Å². The number of anilines is 3. The third-order valence-corrected chi connectivity index (χ3v) is 5.24. The summed E-state index contributed by atoms with van der Waals surface area (Å²) in [6, 6.07) is 12.5. The molecule has 1 heterocycles. The van der Waals surface area contributed by atoms with Gasteiger partial charge in [0.25, 0.3) is 5.91 Å². The molecule has 142 valence electrons. The molecule has 6 heteroatoms. The predicted molar refractivity (Wildman–Crippen MR) is 110 cm³/mol. The second-order valence-electron chi connectivity index (χ2n) is 6.52. The Bertz CT molecular complexity index is 864. The average Bonchev–Trinajstić information content (AvgIpc) is 2.77. The van der Waals surface area contributed by atoms with Gasteiger partial charge in [0.15, 0.2) is 0 Å². The Balaban J connectivity index is 2.09. The Morgan fingerprint density at radius 2 is 1.74 bits per heavy atom. The molecule has 0 atom stereocenters. The summed E-state index contributed by atoms with van der Waals surface area (Å²) in [7, 11) is 1.71. The number of nitrogens with zero attached hydrogens (tertiary/aromatic N) is 3. The van der Waals surface area contributed by atoms with E-state index in [0.717, 1.165) is 13.1 Å². The van der Waals surface area contributed by atoms with E-state index in [1.54, 1.807) is 41.1 Å². The summed E-state index contributed by atoms with van der Waals surface area (Å²) in [5, 5.41) is 0.523. The number of carbonyl (C=O) groups is 2. The van der Waals surface area contributed by atoms with Crippen LogP contribution in [0.5, 0.6) is 0 Å².